The van der Waals surface area contributed by atoms with Crippen LogP contribution in [0.25, 0.3) is 0 Å². The molecule has 156 valence electrons. The predicted molar refractivity (Wildman–Crippen MR) is 113 cm³/mol. The molecule has 0 unspecified atom stereocenters. The summed E-state index contributed by atoms with van der Waals surface area (Å²) in [6.07, 6.45) is 0. The second kappa shape index (κ2) is 8.79. The molecule has 9 heteroatoms. The highest BCUT2D eigenvalue weighted by Crippen LogP contribution is 2.17. The van der Waals surface area contributed by atoms with Crippen LogP contribution in [0.4, 0.5) is 10.1 Å². The normalized spacial score (nSPS) is 15.8. The van der Waals surface area contributed by atoms with E-state index >= 15 is 0 Å². The van der Waals surface area contributed by atoms with Crippen molar-refractivity contribution in [1.82, 2.24) is 9.21 Å². The summed E-state index contributed by atoms with van der Waals surface area (Å²) >= 11 is 0. The molecule has 0 aromatic heterocycles. The Bertz CT molecular complexity index is 951. The van der Waals surface area contributed by atoms with Crippen LogP contribution in [0.2, 0.25) is 0 Å². The number of rotatable bonds is 5. The van der Waals surface area contributed by atoms with Gasteiger partial charge in [-0.2, -0.15) is 0 Å². The third-order valence-electron chi connectivity index (χ3n) is 4.92. The zero-order valence-electron chi connectivity index (χ0n) is 16.6. The lowest BCUT2D eigenvalue weighted by Crippen LogP contribution is -2.51. The molecule has 1 fully saturated rings. The average Bonchev–Trinajstić information content (AvgIpc) is 2.73. The molecule has 1 saturated heterocycles. The van der Waals surface area contributed by atoms with E-state index in [0.717, 1.165) is 37.4 Å². The van der Waals surface area contributed by atoms with Crippen LogP contribution in [0.1, 0.15) is 5.56 Å². The summed E-state index contributed by atoms with van der Waals surface area (Å²) in [5.41, 5.74) is 8.02. The van der Waals surface area contributed by atoms with Gasteiger partial charge in [-0.05, 0) is 42.0 Å². The van der Waals surface area contributed by atoms with Gasteiger partial charge in [-0.25, -0.2) is 22.1 Å². The fourth-order valence-corrected chi connectivity index (χ4v) is 4.00. The van der Waals surface area contributed by atoms with E-state index in [1.54, 1.807) is 36.4 Å². The molecule has 1 heterocycles. The number of nitrogens with two attached hydrogens (primary N) is 1. The van der Waals surface area contributed by atoms with Crippen LogP contribution in [0, 0.1) is 5.82 Å². The molecular weight excluding hydrogens is 393 g/mol. The quantitative estimate of drug-likeness (QED) is 0.589. The van der Waals surface area contributed by atoms with Crippen molar-refractivity contribution in [3.8, 4) is 0 Å². The lowest BCUT2D eigenvalue weighted by molar-refractivity contribution is 0.380. The molecule has 0 atom stereocenters. The van der Waals surface area contributed by atoms with E-state index in [1.807, 2.05) is 4.90 Å². The number of benzene rings is 2. The smallest absolute Gasteiger partial charge is 0.242 e. The topological polar surface area (TPSA) is 82.2 Å². The highest BCUT2D eigenvalue weighted by molar-refractivity contribution is 7.89. The Morgan fingerprint density at radius 1 is 1.03 bits per heavy atom. The Labute approximate surface area is 171 Å². The molecule has 0 bridgehead atoms. The number of guanidine groups is 1. The van der Waals surface area contributed by atoms with Gasteiger partial charge in [0.05, 0.1) is 11.4 Å². The van der Waals surface area contributed by atoms with Crippen molar-refractivity contribution in [2.24, 2.45) is 10.7 Å². The SMILES string of the molecule is CN(C)S(=O)(=O)c1ccc(CN=C(N)N2CCN(c3ccc(F)cc3)CC2)cc1. The summed E-state index contributed by atoms with van der Waals surface area (Å²) in [5, 5.41) is 0. The van der Waals surface area contributed by atoms with Crippen molar-refractivity contribution in [2.75, 3.05) is 45.2 Å². The molecule has 0 saturated carbocycles. The largest absolute Gasteiger partial charge is 0.370 e. The molecule has 3 rings (SSSR count). The summed E-state index contributed by atoms with van der Waals surface area (Å²) in [4.78, 5) is 8.90. The minimum atomic E-state index is -3.43. The number of piperazine rings is 1. The molecule has 29 heavy (non-hydrogen) atoms. The van der Waals surface area contributed by atoms with Crippen LogP contribution >= 0.6 is 0 Å². The van der Waals surface area contributed by atoms with Gasteiger partial charge in [0.2, 0.25) is 10.0 Å². The molecule has 2 aromatic carbocycles. The van der Waals surface area contributed by atoms with E-state index in [9.17, 15) is 12.8 Å². The fraction of sp³-hybridized carbons (Fsp3) is 0.350. The molecule has 7 nitrogen and oxygen atoms in total. The minimum Gasteiger partial charge on any atom is -0.370 e. The van der Waals surface area contributed by atoms with Gasteiger partial charge in [0.15, 0.2) is 5.96 Å². The number of anilines is 1. The first-order chi connectivity index (χ1) is 13.8. The lowest BCUT2D eigenvalue weighted by atomic mass is 10.2. The van der Waals surface area contributed by atoms with Gasteiger partial charge in [-0.15, -0.1) is 0 Å². The maximum atomic E-state index is 13.1. The van der Waals surface area contributed by atoms with Crippen molar-refractivity contribution in [1.29, 1.82) is 0 Å². The summed E-state index contributed by atoms with van der Waals surface area (Å²) in [7, 11) is -0.425. The predicted octanol–water partition coefficient (Wildman–Crippen LogP) is 1.71. The van der Waals surface area contributed by atoms with Crippen LogP contribution in [0.5, 0.6) is 0 Å². The van der Waals surface area contributed by atoms with E-state index in [2.05, 4.69) is 9.89 Å². The van der Waals surface area contributed by atoms with Crippen molar-refractivity contribution < 1.29 is 12.8 Å². The number of hydrogen-bond acceptors (Lipinski definition) is 4. The van der Waals surface area contributed by atoms with Crippen molar-refractivity contribution in [3.63, 3.8) is 0 Å². The van der Waals surface area contributed by atoms with Crippen LogP contribution < -0.4 is 10.6 Å². The maximum absolute atomic E-state index is 13.1. The molecule has 0 aliphatic carbocycles. The summed E-state index contributed by atoms with van der Waals surface area (Å²) < 4.78 is 38.5. The molecule has 0 spiro atoms. The van der Waals surface area contributed by atoms with Gasteiger partial charge in [-0.1, -0.05) is 12.1 Å². The van der Waals surface area contributed by atoms with Gasteiger partial charge in [0, 0.05) is 46.0 Å². The second-order valence-electron chi connectivity index (χ2n) is 7.06. The van der Waals surface area contributed by atoms with Gasteiger partial charge >= 0.3 is 0 Å². The monoisotopic (exact) mass is 419 g/mol. The molecule has 0 amide bonds. The van der Waals surface area contributed by atoms with E-state index in [0.29, 0.717) is 12.5 Å². The Morgan fingerprint density at radius 2 is 1.62 bits per heavy atom. The van der Waals surface area contributed by atoms with Gasteiger partial charge in [0.1, 0.15) is 5.82 Å². The minimum absolute atomic E-state index is 0.240. The first kappa shape index (κ1) is 21.1. The van der Waals surface area contributed by atoms with Gasteiger partial charge in [-0.3, -0.25) is 0 Å². The lowest BCUT2D eigenvalue weighted by Gasteiger charge is -2.36. The highest BCUT2D eigenvalue weighted by Gasteiger charge is 2.19. The average molecular weight is 420 g/mol. The Hall–Kier alpha value is -2.65. The van der Waals surface area contributed by atoms with Crippen molar-refractivity contribution in [3.05, 3.63) is 59.9 Å². The summed E-state index contributed by atoms with van der Waals surface area (Å²) in [6, 6.07) is 13.2. The number of halogens is 1. The van der Waals surface area contributed by atoms with Crippen molar-refractivity contribution >= 4 is 21.7 Å². The zero-order chi connectivity index (χ0) is 21.0. The number of hydrogen-bond donors (Lipinski definition) is 1. The number of nitrogens with zero attached hydrogens (tertiary/aromatic N) is 4. The van der Waals surface area contributed by atoms with Crippen LogP contribution in [0.15, 0.2) is 58.4 Å². The van der Waals surface area contributed by atoms with Gasteiger partial charge in [0.25, 0.3) is 0 Å². The molecule has 2 aromatic rings. The number of aliphatic imine (C=N–C) groups is 1. The molecule has 2 N–H and O–H groups in total. The fourth-order valence-electron chi connectivity index (χ4n) is 3.10. The molecule has 1 aliphatic rings. The zero-order valence-corrected chi connectivity index (χ0v) is 17.4. The van der Waals surface area contributed by atoms with Crippen LogP contribution in [0.3, 0.4) is 0 Å². The van der Waals surface area contributed by atoms with E-state index in [1.165, 1.54) is 30.5 Å². The second-order valence-corrected chi connectivity index (χ2v) is 9.21. The standard InChI is InChI=1S/C20H26FN5O2S/c1-24(2)29(27,28)19-9-3-16(4-10-19)15-23-20(22)26-13-11-25(12-14-26)18-7-5-17(21)6-8-18/h3-10H,11-15H2,1-2H3,(H2,22,23). The Morgan fingerprint density at radius 3 is 2.17 bits per heavy atom. The Balaban J connectivity index is 1.56. The van der Waals surface area contributed by atoms with E-state index < -0.39 is 10.0 Å². The van der Waals surface area contributed by atoms with Gasteiger partial charge < -0.3 is 15.5 Å². The highest BCUT2D eigenvalue weighted by atomic mass is 32.2. The number of sulfonamides is 1. The summed E-state index contributed by atoms with van der Waals surface area (Å²) in [5.74, 6) is 0.227. The Kier molecular flexibility index (Phi) is 6.39. The molecule has 1 aliphatic heterocycles. The maximum Gasteiger partial charge on any atom is 0.242 e. The third kappa shape index (κ3) is 5.04. The van der Waals surface area contributed by atoms with Crippen LogP contribution in [-0.4, -0.2) is 63.9 Å². The molecule has 0 radical (unpaired) electrons. The van der Waals surface area contributed by atoms with E-state index in [4.69, 9.17) is 5.73 Å². The van der Waals surface area contributed by atoms with E-state index in [-0.39, 0.29) is 10.7 Å². The molecular formula is C20H26FN5O2S. The van der Waals surface area contributed by atoms with Crippen LogP contribution in [-0.2, 0) is 16.6 Å². The summed E-state index contributed by atoms with van der Waals surface area (Å²) in [6.45, 7) is 3.39. The first-order valence-electron chi connectivity index (χ1n) is 9.34. The third-order valence-corrected chi connectivity index (χ3v) is 6.75. The first-order valence-corrected chi connectivity index (χ1v) is 10.8. The van der Waals surface area contributed by atoms with Crippen molar-refractivity contribution in [2.45, 2.75) is 11.4 Å².